The molecule has 23 heavy (non-hydrogen) atoms. The van der Waals surface area contributed by atoms with Gasteiger partial charge in [-0.15, -0.1) is 0 Å². The Morgan fingerprint density at radius 2 is 2.09 bits per heavy atom. The number of hydrogen-bond acceptors (Lipinski definition) is 4. The number of rotatable bonds is 6. The molecule has 1 aromatic heterocycles. The second kappa shape index (κ2) is 7.19. The minimum absolute atomic E-state index is 0.0311. The van der Waals surface area contributed by atoms with Gasteiger partial charge in [-0.2, -0.15) is 0 Å². The topological polar surface area (TPSA) is 58.4 Å². The van der Waals surface area contributed by atoms with Gasteiger partial charge in [0.05, 0.1) is 17.0 Å². The molecule has 0 bridgehead atoms. The summed E-state index contributed by atoms with van der Waals surface area (Å²) >= 11 is 1.40. The van der Waals surface area contributed by atoms with Gasteiger partial charge in [-0.05, 0) is 32.4 Å². The van der Waals surface area contributed by atoms with Crippen LogP contribution >= 0.6 is 11.8 Å². The minimum atomic E-state index is -0.894. The van der Waals surface area contributed by atoms with Gasteiger partial charge >= 0.3 is 0 Å². The van der Waals surface area contributed by atoms with Crippen molar-refractivity contribution in [2.45, 2.75) is 31.5 Å². The average Bonchev–Trinajstić information content (AvgIpc) is 2.91. The Kier molecular flexibility index (Phi) is 5.49. The van der Waals surface area contributed by atoms with Crippen molar-refractivity contribution in [1.82, 2.24) is 14.5 Å². The van der Waals surface area contributed by atoms with Crippen molar-refractivity contribution >= 4 is 17.7 Å². The number of likely N-dealkylation sites (N-methyl/N-ethyl adjacent to an activating group) is 1. The van der Waals surface area contributed by atoms with Crippen LogP contribution in [0.4, 0.5) is 0 Å². The summed E-state index contributed by atoms with van der Waals surface area (Å²) in [7, 11) is 1.70. The number of para-hydroxylation sites is 1. The molecule has 1 N–H and O–H groups in total. The molecule has 0 aliphatic carbocycles. The second-order valence-corrected chi connectivity index (χ2v) is 7.16. The number of carbonyl (C=O) groups is 1. The molecule has 0 radical (unpaired) electrons. The fraction of sp³-hybridized carbons (Fsp3) is 0.412. The standard InChI is InChI=1S/C17H23N3O2S/c1-13-7-5-6-8-14(13)20-10-9-18-16(20)23-11-15(21)19(4)12-17(2,3)22/h5-10,22H,11-12H2,1-4H3. The number of benzene rings is 1. The molecule has 0 aliphatic heterocycles. The first kappa shape index (κ1) is 17.6. The predicted octanol–water partition coefficient (Wildman–Crippen LogP) is 2.50. The van der Waals surface area contributed by atoms with E-state index in [1.54, 1.807) is 32.0 Å². The molecule has 0 fully saturated rings. The zero-order valence-electron chi connectivity index (χ0n) is 14.0. The van der Waals surface area contributed by atoms with Gasteiger partial charge in [-0.25, -0.2) is 4.98 Å². The highest BCUT2D eigenvalue weighted by atomic mass is 32.2. The van der Waals surface area contributed by atoms with Gasteiger partial charge in [0.1, 0.15) is 0 Å². The van der Waals surface area contributed by atoms with E-state index in [1.165, 1.54) is 11.8 Å². The van der Waals surface area contributed by atoms with E-state index >= 15 is 0 Å². The van der Waals surface area contributed by atoms with Crippen LogP contribution in [0, 0.1) is 6.92 Å². The molecule has 0 unspecified atom stereocenters. The highest BCUT2D eigenvalue weighted by molar-refractivity contribution is 7.99. The van der Waals surface area contributed by atoms with Gasteiger partial charge in [-0.3, -0.25) is 9.36 Å². The first-order valence-electron chi connectivity index (χ1n) is 7.46. The van der Waals surface area contributed by atoms with Gasteiger partial charge in [0, 0.05) is 26.0 Å². The number of imidazole rings is 1. The van der Waals surface area contributed by atoms with E-state index in [4.69, 9.17) is 0 Å². The number of aliphatic hydroxyl groups is 1. The summed E-state index contributed by atoms with van der Waals surface area (Å²) in [5.41, 5.74) is 1.32. The van der Waals surface area contributed by atoms with Crippen molar-refractivity contribution in [2.24, 2.45) is 0 Å². The summed E-state index contributed by atoms with van der Waals surface area (Å²) in [5, 5.41) is 10.6. The fourth-order valence-electron chi connectivity index (χ4n) is 2.32. The van der Waals surface area contributed by atoms with Crippen LogP contribution in [-0.4, -0.2) is 50.4 Å². The van der Waals surface area contributed by atoms with Crippen LogP contribution in [0.5, 0.6) is 0 Å². The minimum Gasteiger partial charge on any atom is -0.389 e. The van der Waals surface area contributed by atoms with Crippen molar-refractivity contribution in [3.63, 3.8) is 0 Å². The molecule has 6 heteroatoms. The van der Waals surface area contributed by atoms with Gasteiger partial charge in [0.2, 0.25) is 5.91 Å². The van der Waals surface area contributed by atoms with Gasteiger partial charge in [0.15, 0.2) is 5.16 Å². The van der Waals surface area contributed by atoms with Crippen molar-refractivity contribution in [2.75, 3.05) is 19.3 Å². The molecule has 1 heterocycles. The second-order valence-electron chi connectivity index (χ2n) is 6.22. The van der Waals surface area contributed by atoms with Crippen LogP contribution < -0.4 is 0 Å². The Balaban J connectivity index is 2.04. The number of nitrogens with zero attached hydrogens (tertiary/aromatic N) is 3. The molecular weight excluding hydrogens is 310 g/mol. The van der Waals surface area contributed by atoms with Crippen molar-refractivity contribution in [1.29, 1.82) is 0 Å². The Morgan fingerprint density at radius 3 is 2.74 bits per heavy atom. The summed E-state index contributed by atoms with van der Waals surface area (Å²) in [6.45, 7) is 5.73. The van der Waals surface area contributed by atoms with E-state index in [9.17, 15) is 9.90 Å². The van der Waals surface area contributed by atoms with Crippen molar-refractivity contribution < 1.29 is 9.90 Å². The normalized spacial score (nSPS) is 11.5. The fourth-order valence-corrected chi connectivity index (χ4v) is 3.23. The summed E-state index contributed by atoms with van der Waals surface area (Å²) in [6.07, 6.45) is 3.63. The molecule has 2 rings (SSSR count). The highest BCUT2D eigenvalue weighted by Crippen LogP contribution is 2.22. The predicted molar refractivity (Wildman–Crippen MR) is 93.0 cm³/mol. The lowest BCUT2D eigenvalue weighted by Gasteiger charge is -2.25. The van der Waals surface area contributed by atoms with Crippen LogP contribution in [0.25, 0.3) is 5.69 Å². The third-order valence-electron chi connectivity index (χ3n) is 3.36. The smallest absolute Gasteiger partial charge is 0.232 e. The van der Waals surface area contributed by atoms with Crippen molar-refractivity contribution in [3.8, 4) is 5.69 Å². The van der Waals surface area contributed by atoms with Gasteiger partial charge in [0.25, 0.3) is 0 Å². The Labute approximate surface area is 141 Å². The molecule has 0 saturated carbocycles. The summed E-state index contributed by atoms with van der Waals surface area (Å²) < 4.78 is 1.99. The first-order chi connectivity index (χ1) is 10.8. The third-order valence-corrected chi connectivity index (χ3v) is 4.31. The molecule has 0 spiro atoms. The number of thioether (sulfide) groups is 1. The molecule has 5 nitrogen and oxygen atoms in total. The molecule has 124 valence electrons. The Morgan fingerprint density at radius 1 is 1.39 bits per heavy atom. The van der Waals surface area contributed by atoms with Crippen LogP contribution in [-0.2, 0) is 4.79 Å². The third kappa shape index (κ3) is 4.84. The van der Waals surface area contributed by atoms with Crippen LogP contribution in [0.3, 0.4) is 0 Å². The lowest BCUT2D eigenvalue weighted by atomic mass is 10.1. The van der Waals surface area contributed by atoms with Crippen LogP contribution in [0.1, 0.15) is 19.4 Å². The number of carbonyl (C=O) groups excluding carboxylic acids is 1. The molecule has 0 saturated heterocycles. The first-order valence-corrected chi connectivity index (χ1v) is 8.45. The molecule has 1 aromatic carbocycles. The molecule has 1 amide bonds. The van der Waals surface area contributed by atoms with Gasteiger partial charge in [-0.1, -0.05) is 30.0 Å². The quantitative estimate of drug-likeness (QED) is 0.825. The van der Waals surface area contributed by atoms with Crippen LogP contribution in [0.15, 0.2) is 41.8 Å². The van der Waals surface area contributed by atoms with E-state index in [2.05, 4.69) is 4.98 Å². The molecule has 2 aromatic rings. The average molecular weight is 333 g/mol. The summed E-state index contributed by atoms with van der Waals surface area (Å²) in [4.78, 5) is 18.1. The summed E-state index contributed by atoms with van der Waals surface area (Å²) in [5.74, 6) is 0.256. The maximum absolute atomic E-state index is 12.2. The number of aryl methyl sites for hydroxylation is 1. The Bertz CT molecular complexity index is 676. The van der Waals surface area contributed by atoms with E-state index in [0.29, 0.717) is 6.54 Å². The van der Waals surface area contributed by atoms with E-state index < -0.39 is 5.60 Å². The van der Waals surface area contributed by atoms with E-state index in [0.717, 1.165) is 16.4 Å². The molecule has 0 atom stereocenters. The van der Waals surface area contributed by atoms with E-state index in [-0.39, 0.29) is 11.7 Å². The van der Waals surface area contributed by atoms with Gasteiger partial charge < -0.3 is 10.0 Å². The monoisotopic (exact) mass is 333 g/mol. The number of aromatic nitrogens is 2. The number of amides is 1. The van der Waals surface area contributed by atoms with Crippen molar-refractivity contribution in [3.05, 3.63) is 42.2 Å². The highest BCUT2D eigenvalue weighted by Gasteiger charge is 2.20. The lowest BCUT2D eigenvalue weighted by Crippen LogP contribution is -2.40. The van der Waals surface area contributed by atoms with Crippen LogP contribution in [0.2, 0.25) is 0 Å². The zero-order chi connectivity index (χ0) is 17.0. The maximum Gasteiger partial charge on any atom is 0.232 e. The Hall–Kier alpha value is -1.79. The molecule has 0 aliphatic rings. The largest absolute Gasteiger partial charge is 0.389 e. The zero-order valence-corrected chi connectivity index (χ0v) is 14.8. The summed E-state index contributed by atoms with van der Waals surface area (Å²) in [6, 6.07) is 8.06. The number of hydrogen-bond donors (Lipinski definition) is 1. The SMILES string of the molecule is Cc1ccccc1-n1ccnc1SCC(=O)N(C)CC(C)(C)O. The van der Waals surface area contributed by atoms with E-state index in [1.807, 2.05) is 42.0 Å². The molecular formula is C17H23N3O2S. The maximum atomic E-state index is 12.2. The lowest BCUT2D eigenvalue weighted by molar-refractivity contribution is -0.129.